The van der Waals surface area contributed by atoms with Gasteiger partial charge in [0.25, 0.3) is 0 Å². The molecule has 178 valence electrons. The van der Waals surface area contributed by atoms with Crippen LogP contribution in [0, 0.1) is 0 Å². The number of rotatable bonds is 9. The van der Waals surface area contributed by atoms with Crippen molar-refractivity contribution in [1.29, 1.82) is 0 Å². The average molecular weight is 477 g/mol. The summed E-state index contributed by atoms with van der Waals surface area (Å²) in [6.45, 7) is 0.362. The van der Waals surface area contributed by atoms with Gasteiger partial charge in [-0.15, -0.1) is 5.10 Å². The predicted molar refractivity (Wildman–Crippen MR) is 140 cm³/mol. The molecule has 0 saturated carbocycles. The number of hydrogen-bond donors (Lipinski definition) is 0. The van der Waals surface area contributed by atoms with E-state index >= 15 is 0 Å². The van der Waals surface area contributed by atoms with Crippen molar-refractivity contribution in [2.75, 3.05) is 7.11 Å². The van der Waals surface area contributed by atoms with Crippen LogP contribution in [-0.4, -0.2) is 30.8 Å². The molecule has 0 bridgehead atoms. The molecule has 6 heteroatoms. The highest BCUT2D eigenvalue weighted by atomic mass is 16.5. The minimum Gasteiger partial charge on any atom is -0.489 e. The van der Waals surface area contributed by atoms with E-state index in [1.165, 1.54) is 7.11 Å². The monoisotopic (exact) mass is 476 g/mol. The van der Waals surface area contributed by atoms with Gasteiger partial charge in [0.1, 0.15) is 18.1 Å². The summed E-state index contributed by atoms with van der Waals surface area (Å²) in [5.41, 5.74) is 3.76. The molecule has 0 saturated heterocycles. The molecule has 0 fully saturated rings. The molecule has 0 heterocycles. The van der Waals surface area contributed by atoms with E-state index in [1.54, 1.807) is 30.5 Å². The summed E-state index contributed by atoms with van der Waals surface area (Å²) in [7, 11) is 1.35. The Morgan fingerprint density at radius 1 is 0.722 bits per heavy atom. The molecule has 0 aliphatic rings. The first kappa shape index (κ1) is 24.3. The zero-order valence-electron chi connectivity index (χ0n) is 19.7. The second-order valence-corrected chi connectivity index (χ2v) is 7.80. The Morgan fingerprint density at radius 3 is 1.94 bits per heavy atom. The molecule has 0 radical (unpaired) electrons. The van der Waals surface area contributed by atoms with Crippen LogP contribution in [0.3, 0.4) is 0 Å². The highest BCUT2D eigenvalue weighted by Crippen LogP contribution is 2.15. The maximum absolute atomic E-state index is 13.0. The summed E-state index contributed by atoms with van der Waals surface area (Å²) in [5, 5.41) is 8.44. The van der Waals surface area contributed by atoms with Gasteiger partial charge < -0.3 is 9.47 Å². The minimum absolute atomic E-state index is 0.192. The van der Waals surface area contributed by atoms with E-state index in [9.17, 15) is 9.59 Å². The Labute approximate surface area is 209 Å². The number of ketones is 1. The molecule has 4 aromatic carbocycles. The molecule has 0 aliphatic carbocycles. The van der Waals surface area contributed by atoms with E-state index in [-0.39, 0.29) is 17.5 Å². The van der Waals surface area contributed by atoms with Gasteiger partial charge in [-0.3, -0.25) is 4.79 Å². The van der Waals surface area contributed by atoms with Gasteiger partial charge >= 0.3 is 5.97 Å². The Kier molecular flexibility index (Phi) is 8.12. The Hall–Kier alpha value is -4.84. The summed E-state index contributed by atoms with van der Waals surface area (Å²) < 4.78 is 10.5. The van der Waals surface area contributed by atoms with Gasteiger partial charge in [-0.2, -0.15) is 5.10 Å². The van der Waals surface area contributed by atoms with Crippen LogP contribution in [0.5, 0.6) is 5.75 Å². The van der Waals surface area contributed by atoms with E-state index in [1.807, 2.05) is 84.9 Å². The van der Waals surface area contributed by atoms with Gasteiger partial charge in [0.05, 0.1) is 18.9 Å². The molecular weight excluding hydrogens is 452 g/mol. The summed E-state index contributed by atoms with van der Waals surface area (Å²) in [6.07, 6.45) is 1.59. The lowest BCUT2D eigenvalue weighted by molar-refractivity contribution is 0.0600. The van der Waals surface area contributed by atoms with Gasteiger partial charge in [-0.05, 0) is 47.5 Å². The molecular formula is C30H24N2O4. The number of nitrogens with zero attached hydrogens (tertiary/aromatic N) is 2. The lowest BCUT2D eigenvalue weighted by Gasteiger charge is -2.07. The molecule has 0 atom stereocenters. The van der Waals surface area contributed by atoms with Gasteiger partial charge in [0, 0.05) is 11.1 Å². The fourth-order valence-electron chi connectivity index (χ4n) is 3.38. The third kappa shape index (κ3) is 6.39. The molecule has 0 unspecified atom stereocenters. The molecule has 0 spiro atoms. The number of carbonyl (C=O) groups is 2. The van der Waals surface area contributed by atoms with Crippen LogP contribution in [0.15, 0.2) is 119 Å². The van der Waals surface area contributed by atoms with Crippen LogP contribution >= 0.6 is 0 Å². The second kappa shape index (κ2) is 12.0. The van der Waals surface area contributed by atoms with Crippen molar-refractivity contribution in [2.45, 2.75) is 6.61 Å². The minimum atomic E-state index is -0.371. The number of benzene rings is 4. The van der Waals surface area contributed by atoms with Crippen LogP contribution in [-0.2, 0) is 11.3 Å². The van der Waals surface area contributed by atoms with Crippen LogP contribution in [0.2, 0.25) is 0 Å². The van der Waals surface area contributed by atoms with Crippen molar-refractivity contribution in [2.24, 2.45) is 10.2 Å². The van der Waals surface area contributed by atoms with Gasteiger partial charge in [0.15, 0.2) is 0 Å². The standard InChI is InChI=1S/C30H24N2O4/c1-35-30(34)26-16-12-23(13-17-26)21-36-27-18-14-22(15-19-27)20-31-32-28(24-8-4-2-5-9-24)29(33)25-10-6-3-7-11-25/h2-20H,21H2,1H3/b31-20-,32-28-. The highest BCUT2D eigenvalue weighted by Gasteiger charge is 2.16. The lowest BCUT2D eigenvalue weighted by atomic mass is 10.0. The maximum atomic E-state index is 13.0. The smallest absolute Gasteiger partial charge is 0.337 e. The number of Topliss-reactive ketones (excluding diaryl/α,β-unsaturated/α-hetero) is 1. The number of hydrogen-bond acceptors (Lipinski definition) is 6. The topological polar surface area (TPSA) is 77.3 Å². The van der Waals surface area contributed by atoms with Crippen molar-refractivity contribution in [3.05, 3.63) is 137 Å². The average Bonchev–Trinajstić information content (AvgIpc) is 2.95. The Balaban J connectivity index is 1.42. The number of carbonyl (C=O) groups excluding carboxylic acids is 2. The molecule has 6 nitrogen and oxygen atoms in total. The number of ether oxygens (including phenoxy) is 2. The van der Waals surface area contributed by atoms with Crippen molar-refractivity contribution >= 4 is 23.7 Å². The third-order valence-electron chi connectivity index (χ3n) is 5.32. The van der Waals surface area contributed by atoms with Crippen LogP contribution in [0.1, 0.15) is 37.4 Å². The largest absolute Gasteiger partial charge is 0.489 e. The van der Waals surface area contributed by atoms with Gasteiger partial charge in [-0.25, -0.2) is 4.79 Å². The zero-order chi connectivity index (χ0) is 25.2. The normalized spacial score (nSPS) is 11.3. The number of esters is 1. The van der Waals surface area contributed by atoms with Crippen LogP contribution in [0.4, 0.5) is 0 Å². The van der Waals surface area contributed by atoms with Crippen molar-refractivity contribution < 1.29 is 19.1 Å². The Morgan fingerprint density at radius 2 is 1.33 bits per heavy atom. The van der Waals surface area contributed by atoms with Crippen LogP contribution in [0.25, 0.3) is 0 Å². The Bertz CT molecular complexity index is 1360. The van der Waals surface area contributed by atoms with Gasteiger partial charge in [-0.1, -0.05) is 72.8 Å². The van der Waals surface area contributed by atoms with Gasteiger partial charge in [0.2, 0.25) is 5.78 Å². The SMILES string of the molecule is COC(=O)c1ccc(COc2ccc(/C=N\N=C(/C(=O)c3ccccc3)c3ccccc3)cc2)cc1. The first-order chi connectivity index (χ1) is 17.6. The summed E-state index contributed by atoms with van der Waals surface area (Å²) in [6, 6.07) is 32.8. The van der Waals surface area contributed by atoms with E-state index in [0.29, 0.717) is 29.0 Å². The van der Waals surface area contributed by atoms with Crippen molar-refractivity contribution in [3.63, 3.8) is 0 Å². The number of methoxy groups -OCH3 is 1. The first-order valence-corrected chi connectivity index (χ1v) is 11.3. The molecule has 0 aromatic heterocycles. The highest BCUT2D eigenvalue weighted by molar-refractivity contribution is 6.51. The molecule has 0 N–H and O–H groups in total. The molecule has 0 amide bonds. The predicted octanol–water partition coefficient (Wildman–Crippen LogP) is 5.76. The lowest BCUT2D eigenvalue weighted by Crippen LogP contribution is -2.15. The summed E-state index contributed by atoms with van der Waals surface area (Å²) >= 11 is 0. The second-order valence-electron chi connectivity index (χ2n) is 7.80. The van der Waals surface area contributed by atoms with Crippen molar-refractivity contribution in [3.8, 4) is 5.75 Å². The summed E-state index contributed by atoms with van der Waals surface area (Å²) in [4.78, 5) is 24.6. The molecule has 0 aliphatic heterocycles. The maximum Gasteiger partial charge on any atom is 0.337 e. The van der Waals surface area contributed by atoms with Crippen LogP contribution < -0.4 is 4.74 Å². The van der Waals surface area contributed by atoms with E-state index in [4.69, 9.17) is 9.47 Å². The summed E-state index contributed by atoms with van der Waals surface area (Å²) in [5.74, 6) is 0.128. The fraction of sp³-hybridized carbons (Fsp3) is 0.0667. The zero-order valence-corrected chi connectivity index (χ0v) is 19.7. The molecule has 36 heavy (non-hydrogen) atoms. The fourth-order valence-corrected chi connectivity index (χ4v) is 3.38. The molecule has 4 rings (SSSR count). The first-order valence-electron chi connectivity index (χ1n) is 11.3. The van der Waals surface area contributed by atoms with E-state index in [0.717, 1.165) is 11.1 Å². The third-order valence-corrected chi connectivity index (χ3v) is 5.32. The molecule has 4 aromatic rings. The van der Waals surface area contributed by atoms with Crippen molar-refractivity contribution in [1.82, 2.24) is 0 Å². The quantitative estimate of drug-likeness (QED) is 0.133. The van der Waals surface area contributed by atoms with E-state index < -0.39 is 0 Å². The van der Waals surface area contributed by atoms with E-state index in [2.05, 4.69) is 10.2 Å².